The molecule has 0 saturated heterocycles. The molecule has 0 radical (unpaired) electrons. The number of halogens is 2. The molecule has 0 aliphatic heterocycles. The molecule has 0 saturated carbocycles. The molecule has 0 heterocycles. The number of nitrogens with one attached hydrogen (secondary N) is 2. The lowest BCUT2D eigenvalue weighted by Crippen LogP contribution is -2.25. The van der Waals surface area contributed by atoms with Gasteiger partial charge in [0.2, 0.25) is 11.8 Å². The Hall–Kier alpha value is -2.56. The smallest absolute Gasteiger partial charge is 0.243 e. The van der Waals surface area contributed by atoms with E-state index in [4.69, 9.17) is 23.2 Å². The van der Waals surface area contributed by atoms with Crippen LogP contribution < -0.4 is 10.6 Å². The molecule has 28 heavy (non-hydrogen) atoms. The highest BCUT2D eigenvalue weighted by Gasteiger charge is 1.99. The van der Waals surface area contributed by atoms with Gasteiger partial charge in [-0.2, -0.15) is 0 Å². The first kappa shape index (κ1) is 21.7. The summed E-state index contributed by atoms with van der Waals surface area (Å²) >= 11 is 12.1. The summed E-state index contributed by atoms with van der Waals surface area (Å²) in [6.45, 7) is 1.08. The topological polar surface area (TPSA) is 58.2 Å². The molecule has 0 fully saturated rings. The van der Waals surface area contributed by atoms with Gasteiger partial charge in [-0.1, -0.05) is 59.6 Å². The average molecular weight is 417 g/mol. The molecule has 0 aliphatic carbocycles. The van der Waals surface area contributed by atoms with Gasteiger partial charge in [-0.05, 0) is 48.3 Å². The summed E-state index contributed by atoms with van der Waals surface area (Å²) in [5.41, 5.74) is 1.60. The van der Waals surface area contributed by atoms with Crippen LogP contribution in [-0.4, -0.2) is 24.9 Å². The van der Waals surface area contributed by atoms with Gasteiger partial charge >= 0.3 is 0 Å². The van der Waals surface area contributed by atoms with Crippen LogP contribution in [0.3, 0.4) is 0 Å². The molecule has 0 unspecified atom stereocenters. The lowest BCUT2D eigenvalue weighted by Gasteiger charge is -2.04. The van der Waals surface area contributed by atoms with Crippen LogP contribution in [0.15, 0.2) is 60.7 Å². The van der Waals surface area contributed by atoms with E-state index in [9.17, 15) is 9.59 Å². The largest absolute Gasteiger partial charge is 0.353 e. The van der Waals surface area contributed by atoms with Gasteiger partial charge in [0.05, 0.1) is 0 Å². The Morgan fingerprint density at radius 1 is 0.714 bits per heavy atom. The Kier molecular flexibility index (Phi) is 9.32. The van der Waals surface area contributed by atoms with E-state index in [-0.39, 0.29) is 11.8 Å². The first-order valence-electron chi connectivity index (χ1n) is 8.97. The summed E-state index contributed by atoms with van der Waals surface area (Å²) in [5.74, 6) is -0.349. The van der Waals surface area contributed by atoms with Crippen molar-refractivity contribution in [3.8, 4) is 0 Å². The second-order valence-electron chi connectivity index (χ2n) is 6.00. The SMILES string of the molecule is O=C(/C=C\c1ccccc1Cl)NCCCCNC(=O)/C=C\c1ccccc1Cl. The first-order chi connectivity index (χ1) is 13.6. The molecular weight excluding hydrogens is 395 g/mol. The van der Waals surface area contributed by atoms with Crippen molar-refractivity contribution < 1.29 is 9.59 Å². The van der Waals surface area contributed by atoms with Crippen LogP contribution in [-0.2, 0) is 9.59 Å². The third-order valence-corrected chi connectivity index (χ3v) is 4.53. The van der Waals surface area contributed by atoms with E-state index in [1.54, 1.807) is 24.3 Å². The quantitative estimate of drug-likeness (QED) is 0.458. The lowest BCUT2D eigenvalue weighted by molar-refractivity contribution is -0.117. The minimum absolute atomic E-state index is 0.174. The maximum absolute atomic E-state index is 11.8. The molecule has 0 atom stereocenters. The van der Waals surface area contributed by atoms with Gasteiger partial charge in [0.25, 0.3) is 0 Å². The van der Waals surface area contributed by atoms with Crippen LogP contribution in [0, 0.1) is 0 Å². The van der Waals surface area contributed by atoms with Gasteiger partial charge in [0, 0.05) is 35.3 Å². The van der Waals surface area contributed by atoms with E-state index in [0.29, 0.717) is 23.1 Å². The molecule has 0 bridgehead atoms. The van der Waals surface area contributed by atoms with Crippen molar-refractivity contribution in [1.82, 2.24) is 10.6 Å². The predicted molar refractivity (Wildman–Crippen MR) is 116 cm³/mol. The third-order valence-electron chi connectivity index (χ3n) is 3.84. The number of hydrogen-bond donors (Lipinski definition) is 2. The molecule has 2 rings (SSSR count). The summed E-state index contributed by atoms with van der Waals surface area (Å²) in [4.78, 5) is 23.6. The number of carbonyl (C=O) groups excluding carboxylic acids is 2. The second kappa shape index (κ2) is 12.0. The van der Waals surface area contributed by atoms with Crippen molar-refractivity contribution in [1.29, 1.82) is 0 Å². The van der Waals surface area contributed by atoms with Crippen molar-refractivity contribution in [2.75, 3.05) is 13.1 Å². The van der Waals surface area contributed by atoms with Crippen LogP contribution in [0.4, 0.5) is 0 Å². The highest BCUT2D eigenvalue weighted by atomic mass is 35.5. The molecule has 4 nitrogen and oxygen atoms in total. The monoisotopic (exact) mass is 416 g/mol. The van der Waals surface area contributed by atoms with Gasteiger partial charge in [-0.3, -0.25) is 9.59 Å². The first-order valence-corrected chi connectivity index (χ1v) is 9.73. The number of hydrogen-bond acceptors (Lipinski definition) is 2. The molecule has 2 amide bonds. The standard InChI is InChI=1S/C22H22Cl2N2O2/c23-19-9-3-1-7-17(19)11-13-21(27)25-15-5-6-16-26-22(28)14-12-18-8-2-4-10-20(18)24/h1-4,7-14H,5-6,15-16H2,(H,25,27)(H,26,28)/b13-11-,14-12-. The summed E-state index contributed by atoms with van der Waals surface area (Å²) in [6, 6.07) is 14.6. The van der Waals surface area contributed by atoms with Crippen LogP contribution in [0.1, 0.15) is 24.0 Å². The normalized spacial score (nSPS) is 11.1. The molecule has 0 spiro atoms. The summed E-state index contributed by atoms with van der Waals surface area (Å²) in [6.07, 6.45) is 7.82. The van der Waals surface area contributed by atoms with E-state index in [2.05, 4.69) is 10.6 Å². The van der Waals surface area contributed by atoms with E-state index >= 15 is 0 Å². The van der Waals surface area contributed by atoms with Crippen molar-refractivity contribution in [2.24, 2.45) is 0 Å². The van der Waals surface area contributed by atoms with Crippen molar-refractivity contribution in [3.05, 3.63) is 81.9 Å². The number of rotatable bonds is 9. The van der Waals surface area contributed by atoms with E-state index in [1.807, 2.05) is 36.4 Å². The van der Waals surface area contributed by atoms with E-state index in [1.165, 1.54) is 12.2 Å². The molecule has 2 aromatic rings. The Morgan fingerprint density at radius 3 is 1.50 bits per heavy atom. The van der Waals surface area contributed by atoms with E-state index < -0.39 is 0 Å². The maximum atomic E-state index is 11.8. The molecule has 0 aromatic heterocycles. The Balaban J connectivity index is 1.59. The fraction of sp³-hybridized carbons (Fsp3) is 0.182. The summed E-state index contributed by atoms with van der Waals surface area (Å²) in [7, 11) is 0. The number of benzene rings is 2. The van der Waals surface area contributed by atoms with Crippen LogP contribution in [0.2, 0.25) is 10.0 Å². The van der Waals surface area contributed by atoms with Gasteiger partial charge in [-0.25, -0.2) is 0 Å². The van der Waals surface area contributed by atoms with Crippen LogP contribution in [0.5, 0.6) is 0 Å². The van der Waals surface area contributed by atoms with Crippen LogP contribution >= 0.6 is 23.2 Å². The van der Waals surface area contributed by atoms with Crippen molar-refractivity contribution >= 4 is 47.2 Å². The predicted octanol–water partition coefficient (Wildman–Crippen LogP) is 4.73. The molecule has 2 aromatic carbocycles. The summed E-state index contributed by atoms with van der Waals surface area (Å²) < 4.78 is 0. The number of unbranched alkanes of at least 4 members (excludes halogenated alkanes) is 1. The van der Waals surface area contributed by atoms with Crippen molar-refractivity contribution in [2.45, 2.75) is 12.8 Å². The van der Waals surface area contributed by atoms with E-state index in [0.717, 1.165) is 24.0 Å². The highest BCUT2D eigenvalue weighted by molar-refractivity contribution is 6.32. The van der Waals surface area contributed by atoms with Gasteiger partial charge < -0.3 is 10.6 Å². The second-order valence-corrected chi connectivity index (χ2v) is 6.81. The zero-order valence-electron chi connectivity index (χ0n) is 15.3. The zero-order valence-corrected chi connectivity index (χ0v) is 16.8. The Bertz CT molecular complexity index is 792. The minimum atomic E-state index is -0.174. The van der Waals surface area contributed by atoms with Crippen molar-refractivity contribution in [3.63, 3.8) is 0 Å². The molecule has 0 aliphatic rings. The third kappa shape index (κ3) is 7.99. The highest BCUT2D eigenvalue weighted by Crippen LogP contribution is 2.16. The Labute approximate surface area is 175 Å². The molecule has 2 N–H and O–H groups in total. The fourth-order valence-electron chi connectivity index (χ4n) is 2.34. The number of amides is 2. The maximum Gasteiger partial charge on any atom is 0.243 e. The van der Waals surface area contributed by atoms with Gasteiger partial charge in [0.15, 0.2) is 0 Å². The summed E-state index contributed by atoms with van der Waals surface area (Å²) in [5, 5.41) is 6.81. The molecule has 6 heteroatoms. The van der Waals surface area contributed by atoms with Gasteiger partial charge in [-0.15, -0.1) is 0 Å². The molecule has 146 valence electrons. The minimum Gasteiger partial charge on any atom is -0.353 e. The average Bonchev–Trinajstić information content (AvgIpc) is 2.69. The fourth-order valence-corrected chi connectivity index (χ4v) is 2.74. The molecular formula is C22H22Cl2N2O2. The van der Waals surface area contributed by atoms with Crippen LogP contribution in [0.25, 0.3) is 12.2 Å². The number of carbonyl (C=O) groups is 2. The Morgan fingerprint density at radius 2 is 1.11 bits per heavy atom. The zero-order chi connectivity index (χ0) is 20.2. The lowest BCUT2D eigenvalue weighted by atomic mass is 10.2. The van der Waals surface area contributed by atoms with Gasteiger partial charge in [0.1, 0.15) is 0 Å².